The van der Waals surface area contributed by atoms with Crippen molar-refractivity contribution in [3.05, 3.63) is 23.8 Å². The van der Waals surface area contributed by atoms with E-state index in [1.54, 1.807) is 30.0 Å². The maximum atomic E-state index is 12.7. The first-order chi connectivity index (χ1) is 11.5. The van der Waals surface area contributed by atoms with Crippen molar-refractivity contribution >= 4 is 11.9 Å². The molecule has 0 spiro atoms. The lowest BCUT2D eigenvalue weighted by Crippen LogP contribution is -2.37. The number of ether oxygens (including phenoxy) is 2. The summed E-state index contributed by atoms with van der Waals surface area (Å²) in [5, 5.41) is 9.20. The molecule has 24 heavy (non-hydrogen) atoms. The molecule has 0 aliphatic carbocycles. The third-order valence-corrected chi connectivity index (χ3v) is 4.50. The van der Waals surface area contributed by atoms with Gasteiger partial charge in [-0.1, -0.05) is 13.3 Å². The Bertz CT molecular complexity index is 601. The van der Waals surface area contributed by atoms with Crippen LogP contribution in [0.1, 0.15) is 43.5 Å². The maximum absolute atomic E-state index is 12.7. The summed E-state index contributed by atoms with van der Waals surface area (Å²) in [7, 11) is 1.54. The first kappa shape index (κ1) is 18.1. The first-order valence-electron chi connectivity index (χ1n) is 8.34. The Morgan fingerprint density at radius 2 is 2.08 bits per heavy atom. The molecule has 1 fully saturated rings. The van der Waals surface area contributed by atoms with Crippen LogP contribution in [0.4, 0.5) is 0 Å². The molecule has 6 nitrogen and oxygen atoms in total. The average Bonchev–Trinajstić information content (AvgIpc) is 2.96. The molecule has 0 aromatic heterocycles. The summed E-state index contributed by atoms with van der Waals surface area (Å²) in [5.41, 5.74) is 0.479. The number of benzene rings is 1. The highest BCUT2D eigenvalue weighted by atomic mass is 16.5. The van der Waals surface area contributed by atoms with E-state index < -0.39 is 11.9 Å². The third-order valence-electron chi connectivity index (χ3n) is 4.50. The predicted molar refractivity (Wildman–Crippen MR) is 89.6 cm³/mol. The van der Waals surface area contributed by atoms with Crippen molar-refractivity contribution < 1.29 is 24.2 Å². The summed E-state index contributed by atoms with van der Waals surface area (Å²) in [4.78, 5) is 25.5. The number of hydrogen-bond acceptors (Lipinski definition) is 4. The van der Waals surface area contributed by atoms with Gasteiger partial charge in [0.25, 0.3) is 5.91 Å². The van der Waals surface area contributed by atoms with E-state index >= 15 is 0 Å². The molecule has 2 atom stereocenters. The van der Waals surface area contributed by atoms with E-state index in [9.17, 15) is 14.7 Å². The summed E-state index contributed by atoms with van der Waals surface area (Å²) in [5.74, 6) is -0.411. The number of carbonyl (C=O) groups is 2. The number of amides is 1. The second-order valence-electron chi connectivity index (χ2n) is 6.04. The number of likely N-dealkylation sites (tertiary alicyclic amines) is 1. The van der Waals surface area contributed by atoms with Gasteiger partial charge in [0.1, 0.15) is 0 Å². The van der Waals surface area contributed by atoms with Crippen LogP contribution in [0.5, 0.6) is 11.5 Å². The highest BCUT2D eigenvalue weighted by Crippen LogP contribution is 2.31. The topological polar surface area (TPSA) is 76.1 Å². The molecule has 2 rings (SSSR count). The van der Waals surface area contributed by atoms with Gasteiger partial charge in [0, 0.05) is 18.2 Å². The Balaban J connectivity index is 2.14. The van der Waals surface area contributed by atoms with E-state index in [4.69, 9.17) is 9.47 Å². The normalized spacial score (nSPS) is 20.0. The molecule has 1 N–H and O–H groups in total. The monoisotopic (exact) mass is 335 g/mol. The van der Waals surface area contributed by atoms with Gasteiger partial charge in [-0.2, -0.15) is 0 Å². The zero-order valence-corrected chi connectivity index (χ0v) is 14.4. The summed E-state index contributed by atoms with van der Waals surface area (Å²) in [6, 6.07) is 4.77. The highest BCUT2D eigenvalue weighted by molar-refractivity contribution is 5.95. The predicted octanol–water partition coefficient (Wildman–Crippen LogP) is 2.81. The number of aliphatic carboxylic acids is 1. The van der Waals surface area contributed by atoms with Gasteiger partial charge in [0.05, 0.1) is 19.6 Å². The van der Waals surface area contributed by atoms with Crippen molar-refractivity contribution in [1.29, 1.82) is 0 Å². The molecule has 1 aromatic carbocycles. The van der Waals surface area contributed by atoms with E-state index in [0.29, 0.717) is 36.6 Å². The van der Waals surface area contributed by atoms with Crippen LogP contribution in [0.25, 0.3) is 0 Å². The van der Waals surface area contributed by atoms with Gasteiger partial charge < -0.3 is 19.5 Å². The Morgan fingerprint density at radius 1 is 1.33 bits per heavy atom. The van der Waals surface area contributed by atoms with Gasteiger partial charge in [-0.3, -0.25) is 9.59 Å². The fraction of sp³-hybridized carbons (Fsp3) is 0.556. The van der Waals surface area contributed by atoms with E-state index in [2.05, 4.69) is 6.92 Å². The minimum Gasteiger partial charge on any atom is -0.493 e. The molecule has 6 heteroatoms. The number of nitrogens with zero attached hydrogens (tertiary/aromatic N) is 1. The van der Waals surface area contributed by atoms with Crippen LogP contribution in [0.3, 0.4) is 0 Å². The fourth-order valence-electron chi connectivity index (χ4n) is 2.97. The van der Waals surface area contributed by atoms with Gasteiger partial charge in [-0.25, -0.2) is 0 Å². The van der Waals surface area contributed by atoms with Gasteiger partial charge in [0.2, 0.25) is 0 Å². The lowest BCUT2D eigenvalue weighted by molar-refractivity contribution is -0.142. The van der Waals surface area contributed by atoms with Crippen molar-refractivity contribution in [3.8, 4) is 11.5 Å². The molecule has 0 radical (unpaired) electrons. The zero-order chi connectivity index (χ0) is 17.7. The second-order valence-corrected chi connectivity index (χ2v) is 6.04. The average molecular weight is 335 g/mol. The van der Waals surface area contributed by atoms with Crippen LogP contribution >= 0.6 is 0 Å². The highest BCUT2D eigenvalue weighted by Gasteiger charge is 2.38. The number of unbranched alkanes of at least 4 members (excludes halogenated alkanes) is 1. The van der Waals surface area contributed by atoms with Crippen LogP contribution in [-0.4, -0.2) is 48.2 Å². The number of methoxy groups -OCH3 is 1. The third kappa shape index (κ3) is 3.80. The molecule has 1 heterocycles. The van der Waals surface area contributed by atoms with Crippen molar-refractivity contribution in [2.24, 2.45) is 5.92 Å². The number of rotatable bonds is 7. The largest absolute Gasteiger partial charge is 0.493 e. The van der Waals surface area contributed by atoms with Crippen molar-refractivity contribution in [2.45, 2.75) is 39.2 Å². The molecule has 1 amide bonds. The van der Waals surface area contributed by atoms with Crippen molar-refractivity contribution in [3.63, 3.8) is 0 Å². The van der Waals surface area contributed by atoms with Crippen molar-refractivity contribution in [2.75, 3.05) is 20.3 Å². The Labute approximate surface area is 142 Å². The lowest BCUT2D eigenvalue weighted by atomic mass is 10.0. The van der Waals surface area contributed by atoms with Gasteiger partial charge in [-0.05, 0) is 38.0 Å². The Morgan fingerprint density at radius 3 is 2.67 bits per heavy atom. The van der Waals surface area contributed by atoms with Crippen LogP contribution in [-0.2, 0) is 4.79 Å². The van der Waals surface area contributed by atoms with Gasteiger partial charge in [0.15, 0.2) is 11.5 Å². The Kier molecular flexibility index (Phi) is 6.06. The quantitative estimate of drug-likeness (QED) is 0.776. The van der Waals surface area contributed by atoms with Crippen LogP contribution in [0.2, 0.25) is 0 Å². The van der Waals surface area contributed by atoms with Gasteiger partial charge in [-0.15, -0.1) is 0 Å². The zero-order valence-electron chi connectivity index (χ0n) is 14.4. The molecule has 1 aliphatic rings. The molecule has 0 saturated carbocycles. The number of hydrogen-bond donors (Lipinski definition) is 1. The van der Waals surface area contributed by atoms with Crippen LogP contribution in [0, 0.1) is 5.92 Å². The van der Waals surface area contributed by atoms with Crippen LogP contribution < -0.4 is 9.47 Å². The first-order valence-corrected chi connectivity index (χ1v) is 8.34. The molecule has 0 bridgehead atoms. The van der Waals surface area contributed by atoms with Crippen LogP contribution in [0.15, 0.2) is 18.2 Å². The number of carboxylic acids is 1. The van der Waals surface area contributed by atoms with Crippen molar-refractivity contribution in [1.82, 2.24) is 4.90 Å². The molecular weight excluding hydrogens is 310 g/mol. The minimum atomic E-state index is -0.852. The molecule has 2 unspecified atom stereocenters. The Hall–Kier alpha value is -2.24. The summed E-state index contributed by atoms with van der Waals surface area (Å²) in [6.45, 7) is 4.92. The SMILES string of the molecule is CCCCOc1ccc(C(=O)N2CCC(C(=O)O)C2C)cc1OC. The lowest BCUT2D eigenvalue weighted by Gasteiger charge is -2.23. The van der Waals surface area contributed by atoms with E-state index in [1.165, 1.54) is 7.11 Å². The number of carboxylic acid groups (broad SMARTS) is 1. The summed E-state index contributed by atoms with van der Waals surface area (Å²) < 4.78 is 11.0. The fourth-order valence-corrected chi connectivity index (χ4v) is 2.97. The standard InChI is InChI=1S/C18H25NO5/c1-4-5-10-24-15-7-6-13(11-16(15)23-3)17(20)19-9-8-14(12(19)2)18(21)22/h6-7,11-12,14H,4-5,8-10H2,1-3H3,(H,21,22). The summed E-state index contributed by atoms with van der Waals surface area (Å²) >= 11 is 0. The minimum absolute atomic E-state index is 0.176. The second kappa shape index (κ2) is 8.04. The molecule has 1 aliphatic heterocycles. The van der Waals surface area contributed by atoms with E-state index in [-0.39, 0.29) is 11.9 Å². The molecule has 1 aromatic rings. The van der Waals surface area contributed by atoms with Gasteiger partial charge >= 0.3 is 5.97 Å². The molecule has 132 valence electrons. The molecular formula is C18H25NO5. The maximum Gasteiger partial charge on any atom is 0.308 e. The molecule has 1 saturated heterocycles. The smallest absolute Gasteiger partial charge is 0.308 e. The number of carbonyl (C=O) groups excluding carboxylic acids is 1. The van der Waals surface area contributed by atoms with E-state index in [1.807, 2.05) is 0 Å². The summed E-state index contributed by atoms with van der Waals surface area (Å²) in [6.07, 6.45) is 2.47. The van der Waals surface area contributed by atoms with E-state index in [0.717, 1.165) is 12.8 Å².